The molecule has 0 saturated heterocycles. The van der Waals surface area contributed by atoms with Gasteiger partial charge in [-0.15, -0.1) is 0 Å². The molecule has 2 rings (SSSR count). The smallest absolute Gasteiger partial charge is 0.248 e. The van der Waals surface area contributed by atoms with E-state index >= 15 is 0 Å². The van der Waals surface area contributed by atoms with Gasteiger partial charge in [0.25, 0.3) is 0 Å². The summed E-state index contributed by atoms with van der Waals surface area (Å²) in [6.45, 7) is 0. The molecule has 0 fully saturated rings. The lowest BCUT2D eigenvalue weighted by Crippen LogP contribution is -2.16. The summed E-state index contributed by atoms with van der Waals surface area (Å²) in [5, 5.41) is 2.74. The van der Waals surface area contributed by atoms with Crippen LogP contribution in [0.15, 0.2) is 53.0 Å². The fraction of sp³-hybridized carbons (Fsp3) is 0.0667. The highest BCUT2D eigenvalue weighted by Gasteiger charge is 2.06. The lowest BCUT2D eigenvalue weighted by atomic mass is 10.1. The number of carbonyl (C=O) groups is 2. The molecule has 4 nitrogen and oxygen atoms in total. The van der Waals surface area contributed by atoms with Gasteiger partial charge in [-0.2, -0.15) is 0 Å². The maximum absolute atomic E-state index is 11.9. The Kier molecular flexibility index (Phi) is 4.53. The number of carbonyl (C=O) groups excluding carboxylic acids is 2. The van der Waals surface area contributed by atoms with Crippen LogP contribution in [0.1, 0.15) is 15.9 Å². The van der Waals surface area contributed by atoms with Crippen LogP contribution in [-0.2, 0) is 11.2 Å². The van der Waals surface area contributed by atoms with Crippen molar-refractivity contribution in [1.29, 1.82) is 0 Å². The van der Waals surface area contributed by atoms with Gasteiger partial charge in [0.2, 0.25) is 11.8 Å². The number of benzene rings is 2. The van der Waals surface area contributed by atoms with Gasteiger partial charge < -0.3 is 11.1 Å². The number of nitrogens with one attached hydrogen (secondary N) is 1. The van der Waals surface area contributed by atoms with Gasteiger partial charge in [-0.1, -0.05) is 34.1 Å². The van der Waals surface area contributed by atoms with Gasteiger partial charge in [-0.3, -0.25) is 9.59 Å². The SMILES string of the molecule is NC(=O)c1cccc(NC(=O)Cc2ccc(Br)cc2)c1. The predicted octanol–water partition coefficient (Wildman–Crippen LogP) is 2.73. The van der Waals surface area contributed by atoms with Crippen LogP contribution in [0.3, 0.4) is 0 Å². The summed E-state index contributed by atoms with van der Waals surface area (Å²) in [6.07, 6.45) is 0.272. The standard InChI is InChI=1S/C15H13BrN2O2/c16-12-6-4-10(5-7-12)8-14(19)18-13-3-1-2-11(9-13)15(17)20/h1-7,9H,8H2,(H2,17,20)(H,18,19). The molecule has 0 aromatic heterocycles. The molecule has 0 bridgehead atoms. The minimum absolute atomic E-state index is 0.144. The summed E-state index contributed by atoms with van der Waals surface area (Å²) in [6, 6.07) is 14.1. The van der Waals surface area contributed by atoms with Crippen LogP contribution in [0.25, 0.3) is 0 Å². The van der Waals surface area contributed by atoms with Crippen molar-refractivity contribution in [3.63, 3.8) is 0 Å². The summed E-state index contributed by atoms with van der Waals surface area (Å²) in [4.78, 5) is 23.0. The Balaban J connectivity index is 2.02. The first-order valence-corrected chi connectivity index (χ1v) is 6.78. The van der Waals surface area contributed by atoms with Gasteiger partial charge in [0.1, 0.15) is 0 Å². The molecule has 5 heteroatoms. The van der Waals surface area contributed by atoms with Crippen molar-refractivity contribution < 1.29 is 9.59 Å². The van der Waals surface area contributed by atoms with E-state index in [0.717, 1.165) is 10.0 Å². The Morgan fingerprint density at radius 3 is 2.45 bits per heavy atom. The van der Waals surface area contributed by atoms with E-state index in [9.17, 15) is 9.59 Å². The summed E-state index contributed by atoms with van der Waals surface area (Å²) >= 11 is 3.34. The van der Waals surface area contributed by atoms with Crippen molar-refractivity contribution >= 4 is 33.4 Å². The topological polar surface area (TPSA) is 72.2 Å². The zero-order valence-electron chi connectivity index (χ0n) is 10.6. The van der Waals surface area contributed by atoms with Crippen molar-refractivity contribution in [2.24, 2.45) is 5.73 Å². The Morgan fingerprint density at radius 2 is 1.80 bits per heavy atom. The third-order valence-electron chi connectivity index (χ3n) is 2.71. The monoisotopic (exact) mass is 332 g/mol. The molecule has 20 heavy (non-hydrogen) atoms. The number of rotatable bonds is 4. The van der Waals surface area contributed by atoms with Gasteiger partial charge >= 0.3 is 0 Å². The number of anilines is 1. The van der Waals surface area contributed by atoms with Crippen molar-refractivity contribution in [3.8, 4) is 0 Å². The van der Waals surface area contributed by atoms with Gasteiger partial charge in [0.05, 0.1) is 6.42 Å². The van der Waals surface area contributed by atoms with Crippen LogP contribution in [0.4, 0.5) is 5.69 Å². The molecule has 0 aliphatic carbocycles. The average molecular weight is 333 g/mol. The van der Waals surface area contributed by atoms with Crippen LogP contribution < -0.4 is 11.1 Å². The van der Waals surface area contributed by atoms with Crippen molar-refractivity contribution in [2.75, 3.05) is 5.32 Å². The van der Waals surface area contributed by atoms with E-state index < -0.39 is 5.91 Å². The summed E-state index contributed by atoms with van der Waals surface area (Å²) in [5.74, 6) is -0.664. The zero-order valence-corrected chi connectivity index (χ0v) is 12.2. The molecular formula is C15H13BrN2O2. The number of primary amides is 1. The van der Waals surface area contributed by atoms with Crippen LogP contribution >= 0.6 is 15.9 Å². The van der Waals surface area contributed by atoms with E-state index in [4.69, 9.17) is 5.73 Å². The average Bonchev–Trinajstić information content (AvgIpc) is 2.41. The Labute approximate surface area is 125 Å². The summed E-state index contributed by atoms with van der Waals surface area (Å²) in [7, 11) is 0. The molecular weight excluding hydrogens is 320 g/mol. The molecule has 102 valence electrons. The highest BCUT2D eigenvalue weighted by Crippen LogP contribution is 2.13. The Hall–Kier alpha value is -2.14. The zero-order chi connectivity index (χ0) is 14.5. The Morgan fingerprint density at radius 1 is 1.10 bits per heavy atom. The lowest BCUT2D eigenvalue weighted by Gasteiger charge is -2.06. The predicted molar refractivity (Wildman–Crippen MR) is 81.4 cm³/mol. The number of hydrogen-bond donors (Lipinski definition) is 2. The summed E-state index contributed by atoms with van der Waals surface area (Å²) in [5.41, 5.74) is 7.03. The molecule has 0 spiro atoms. The number of amides is 2. The lowest BCUT2D eigenvalue weighted by molar-refractivity contribution is -0.115. The normalized spacial score (nSPS) is 10.1. The molecule has 2 aromatic carbocycles. The summed E-state index contributed by atoms with van der Waals surface area (Å²) < 4.78 is 0.968. The van der Waals surface area contributed by atoms with Crippen LogP contribution in [0, 0.1) is 0 Å². The minimum atomic E-state index is -0.519. The maximum Gasteiger partial charge on any atom is 0.248 e. The largest absolute Gasteiger partial charge is 0.366 e. The molecule has 2 aromatic rings. The van der Waals surface area contributed by atoms with Gasteiger partial charge in [0.15, 0.2) is 0 Å². The van der Waals surface area contributed by atoms with Crippen LogP contribution in [-0.4, -0.2) is 11.8 Å². The number of halogens is 1. The highest BCUT2D eigenvalue weighted by atomic mass is 79.9. The van der Waals surface area contributed by atoms with Crippen LogP contribution in [0.2, 0.25) is 0 Å². The molecule has 0 aliphatic heterocycles. The molecule has 0 unspecified atom stereocenters. The van der Waals surface area contributed by atoms with Gasteiger partial charge in [-0.25, -0.2) is 0 Å². The molecule has 2 amide bonds. The quantitative estimate of drug-likeness (QED) is 0.903. The first-order valence-electron chi connectivity index (χ1n) is 5.99. The fourth-order valence-electron chi connectivity index (χ4n) is 1.74. The minimum Gasteiger partial charge on any atom is -0.366 e. The van der Waals surface area contributed by atoms with Crippen molar-refractivity contribution in [2.45, 2.75) is 6.42 Å². The van der Waals surface area contributed by atoms with Gasteiger partial charge in [0, 0.05) is 15.7 Å². The maximum atomic E-state index is 11.9. The van der Waals surface area contributed by atoms with E-state index in [1.54, 1.807) is 24.3 Å². The number of nitrogens with two attached hydrogens (primary N) is 1. The molecule has 0 radical (unpaired) electrons. The first kappa shape index (κ1) is 14.3. The molecule has 0 heterocycles. The highest BCUT2D eigenvalue weighted by molar-refractivity contribution is 9.10. The van der Waals surface area contributed by atoms with Crippen LogP contribution in [0.5, 0.6) is 0 Å². The van der Waals surface area contributed by atoms with Gasteiger partial charge in [-0.05, 0) is 35.9 Å². The van der Waals surface area contributed by atoms with Crippen molar-refractivity contribution in [3.05, 3.63) is 64.1 Å². The molecule has 0 atom stereocenters. The number of hydrogen-bond acceptors (Lipinski definition) is 2. The van der Waals surface area contributed by atoms with Crippen molar-refractivity contribution in [1.82, 2.24) is 0 Å². The second kappa shape index (κ2) is 6.34. The van der Waals surface area contributed by atoms with E-state index in [2.05, 4.69) is 21.2 Å². The third kappa shape index (κ3) is 3.93. The molecule has 0 aliphatic rings. The first-order chi connectivity index (χ1) is 9.54. The van der Waals surface area contributed by atoms with E-state index in [0.29, 0.717) is 11.3 Å². The van der Waals surface area contributed by atoms with E-state index in [-0.39, 0.29) is 12.3 Å². The Bertz CT molecular complexity index is 639. The third-order valence-corrected chi connectivity index (χ3v) is 3.24. The van der Waals surface area contributed by atoms with E-state index in [1.807, 2.05) is 24.3 Å². The molecule has 0 saturated carbocycles. The molecule has 3 N–H and O–H groups in total. The fourth-order valence-corrected chi connectivity index (χ4v) is 2.01. The second-order valence-electron chi connectivity index (χ2n) is 4.30. The van der Waals surface area contributed by atoms with E-state index in [1.165, 1.54) is 0 Å². The second-order valence-corrected chi connectivity index (χ2v) is 5.21.